The molecule has 2 rings (SSSR count). The number of nitrogens with zero attached hydrogens (tertiary/aromatic N) is 1. The molecule has 0 unspecified atom stereocenters. The Bertz CT molecular complexity index is 839. The predicted octanol–water partition coefficient (Wildman–Crippen LogP) is 3.71. The molecule has 0 radical (unpaired) electrons. The first-order valence-electron chi connectivity index (χ1n) is 7.57. The normalized spacial score (nSPS) is 10.7. The first kappa shape index (κ1) is 19.8. The van der Waals surface area contributed by atoms with Crippen LogP contribution in [0.15, 0.2) is 35.4 Å². The van der Waals surface area contributed by atoms with Gasteiger partial charge in [0.15, 0.2) is 5.75 Å². The molecular formula is C18H17Cl2N3O3. The number of methoxy groups -OCH3 is 1. The number of benzene rings is 2. The third-order valence-corrected chi connectivity index (χ3v) is 4.09. The second-order valence-corrected chi connectivity index (χ2v) is 6.25. The van der Waals surface area contributed by atoms with Crippen molar-refractivity contribution in [2.24, 2.45) is 5.10 Å². The zero-order valence-electron chi connectivity index (χ0n) is 14.4. The quantitative estimate of drug-likeness (QED) is 0.471. The van der Waals surface area contributed by atoms with Crippen LogP contribution in [0.1, 0.15) is 16.7 Å². The third-order valence-electron chi connectivity index (χ3n) is 3.53. The molecule has 2 amide bonds. The Kier molecular flexibility index (Phi) is 6.60. The molecule has 0 bridgehead atoms. The van der Waals surface area contributed by atoms with E-state index < -0.39 is 11.8 Å². The van der Waals surface area contributed by atoms with Gasteiger partial charge in [-0.05, 0) is 42.7 Å². The molecule has 0 heterocycles. The van der Waals surface area contributed by atoms with Crippen LogP contribution in [0.3, 0.4) is 0 Å². The number of hydrogen-bond donors (Lipinski definition) is 2. The standard InChI is InChI=1S/C18H17Cl2N3O3/c1-10-5-4-6-11(2)15(10)22-17(24)18(25)23-21-9-12-7-13(19)16(26-3)14(20)8-12/h4-9H,1-3H3,(H,22,24)(H,23,25)/b21-9-. The van der Waals surface area contributed by atoms with E-state index in [2.05, 4.69) is 15.8 Å². The lowest BCUT2D eigenvalue weighted by Gasteiger charge is -2.10. The van der Waals surface area contributed by atoms with Crippen LogP contribution in [0.5, 0.6) is 5.75 Å². The van der Waals surface area contributed by atoms with Gasteiger partial charge in [0.1, 0.15) is 0 Å². The summed E-state index contributed by atoms with van der Waals surface area (Å²) in [7, 11) is 1.45. The molecule has 2 aromatic rings. The van der Waals surface area contributed by atoms with Crippen LogP contribution < -0.4 is 15.5 Å². The average molecular weight is 394 g/mol. The van der Waals surface area contributed by atoms with Crippen molar-refractivity contribution in [3.8, 4) is 5.75 Å². The van der Waals surface area contributed by atoms with Crippen LogP contribution in [-0.2, 0) is 9.59 Å². The summed E-state index contributed by atoms with van der Waals surface area (Å²) >= 11 is 12.0. The average Bonchev–Trinajstić information content (AvgIpc) is 2.57. The number of carbonyl (C=O) groups is 2. The second kappa shape index (κ2) is 8.69. The molecule has 0 atom stereocenters. The molecule has 0 aliphatic heterocycles. The maximum absolute atomic E-state index is 12.0. The molecule has 0 aliphatic carbocycles. The van der Waals surface area contributed by atoms with E-state index in [-0.39, 0.29) is 0 Å². The van der Waals surface area contributed by atoms with Gasteiger partial charge in [-0.25, -0.2) is 5.43 Å². The maximum Gasteiger partial charge on any atom is 0.329 e. The number of ether oxygens (including phenoxy) is 1. The van der Waals surface area contributed by atoms with E-state index in [0.29, 0.717) is 27.0 Å². The van der Waals surface area contributed by atoms with Crippen LogP contribution >= 0.6 is 23.2 Å². The van der Waals surface area contributed by atoms with E-state index >= 15 is 0 Å². The molecular weight excluding hydrogens is 377 g/mol. The van der Waals surface area contributed by atoms with E-state index in [4.69, 9.17) is 27.9 Å². The van der Waals surface area contributed by atoms with Gasteiger partial charge < -0.3 is 10.1 Å². The summed E-state index contributed by atoms with van der Waals surface area (Å²) < 4.78 is 5.05. The van der Waals surface area contributed by atoms with Crippen LogP contribution in [0.4, 0.5) is 5.69 Å². The topological polar surface area (TPSA) is 79.8 Å². The van der Waals surface area contributed by atoms with Crippen molar-refractivity contribution < 1.29 is 14.3 Å². The van der Waals surface area contributed by atoms with E-state index in [1.54, 1.807) is 12.1 Å². The number of hydrazone groups is 1. The van der Waals surface area contributed by atoms with Gasteiger partial charge in [0.25, 0.3) is 0 Å². The van der Waals surface area contributed by atoms with Gasteiger partial charge in [0.2, 0.25) is 0 Å². The fraction of sp³-hybridized carbons (Fsp3) is 0.167. The molecule has 0 fully saturated rings. The number of anilines is 1. The van der Waals surface area contributed by atoms with Crippen LogP contribution in [0.2, 0.25) is 10.0 Å². The predicted molar refractivity (Wildman–Crippen MR) is 103 cm³/mol. The molecule has 2 aromatic carbocycles. The lowest BCUT2D eigenvalue weighted by Crippen LogP contribution is -2.32. The minimum Gasteiger partial charge on any atom is -0.494 e. The lowest BCUT2D eigenvalue weighted by atomic mass is 10.1. The first-order chi connectivity index (χ1) is 12.3. The first-order valence-corrected chi connectivity index (χ1v) is 8.32. The Balaban J connectivity index is 2.02. The minimum absolute atomic E-state index is 0.306. The van der Waals surface area contributed by atoms with E-state index in [1.807, 2.05) is 32.0 Å². The lowest BCUT2D eigenvalue weighted by molar-refractivity contribution is -0.136. The Morgan fingerprint density at radius 2 is 1.65 bits per heavy atom. The largest absolute Gasteiger partial charge is 0.494 e. The highest BCUT2D eigenvalue weighted by Gasteiger charge is 2.15. The van der Waals surface area contributed by atoms with Gasteiger partial charge in [0.05, 0.1) is 23.4 Å². The highest BCUT2D eigenvalue weighted by molar-refractivity contribution is 6.40. The Labute approximate surface area is 161 Å². The van der Waals surface area contributed by atoms with Crippen molar-refractivity contribution in [3.05, 3.63) is 57.1 Å². The Morgan fingerprint density at radius 1 is 1.08 bits per heavy atom. The fourth-order valence-electron chi connectivity index (χ4n) is 2.25. The van der Waals surface area contributed by atoms with Gasteiger partial charge >= 0.3 is 11.8 Å². The highest BCUT2D eigenvalue weighted by Crippen LogP contribution is 2.33. The van der Waals surface area contributed by atoms with Crippen molar-refractivity contribution in [3.63, 3.8) is 0 Å². The molecule has 0 spiro atoms. The molecule has 2 N–H and O–H groups in total. The molecule has 136 valence electrons. The zero-order valence-corrected chi connectivity index (χ0v) is 15.9. The summed E-state index contributed by atoms with van der Waals surface area (Å²) in [6.45, 7) is 3.69. The van der Waals surface area contributed by atoms with Crippen molar-refractivity contribution in [2.45, 2.75) is 13.8 Å². The molecule has 0 saturated heterocycles. The summed E-state index contributed by atoms with van der Waals surface area (Å²) in [6.07, 6.45) is 1.32. The summed E-state index contributed by atoms with van der Waals surface area (Å²) in [6, 6.07) is 8.69. The van der Waals surface area contributed by atoms with Gasteiger partial charge in [-0.2, -0.15) is 5.10 Å². The monoisotopic (exact) mass is 393 g/mol. The zero-order chi connectivity index (χ0) is 19.3. The summed E-state index contributed by atoms with van der Waals surface area (Å²) in [5.74, 6) is -1.36. The smallest absolute Gasteiger partial charge is 0.329 e. The van der Waals surface area contributed by atoms with Crippen LogP contribution in [0, 0.1) is 13.8 Å². The minimum atomic E-state index is -0.894. The number of amides is 2. The van der Waals surface area contributed by atoms with Crippen molar-refractivity contribution in [1.29, 1.82) is 0 Å². The van der Waals surface area contributed by atoms with Crippen molar-refractivity contribution in [2.75, 3.05) is 12.4 Å². The van der Waals surface area contributed by atoms with Gasteiger partial charge in [0, 0.05) is 5.69 Å². The van der Waals surface area contributed by atoms with Crippen molar-refractivity contribution >= 4 is 46.9 Å². The van der Waals surface area contributed by atoms with Crippen LogP contribution in [0.25, 0.3) is 0 Å². The molecule has 8 heteroatoms. The second-order valence-electron chi connectivity index (χ2n) is 5.44. The fourth-order valence-corrected chi connectivity index (χ4v) is 2.91. The molecule has 26 heavy (non-hydrogen) atoms. The van der Waals surface area contributed by atoms with E-state index in [9.17, 15) is 9.59 Å². The molecule has 0 aromatic heterocycles. The third kappa shape index (κ3) is 4.74. The highest BCUT2D eigenvalue weighted by atomic mass is 35.5. The summed E-state index contributed by atoms with van der Waals surface area (Å²) in [5.41, 5.74) is 5.02. The van der Waals surface area contributed by atoms with Gasteiger partial charge in [-0.3, -0.25) is 9.59 Å². The molecule has 6 nitrogen and oxygen atoms in total. The molecule has 0 saturated carbocycles. The van der Waals surface area contributed by atoms with Crippen molar-refractivity contribution in [1.82, 2.24) is 5.43 Å². The van der Waals surface area contributed by atoms with E-state index in [0.717, 1.165) is 11.1 Å². The van der Waals surface area contributed by atoms with E-state index in [1.165, 1.54) is 13.3 Å². The van der Waals surface area contributed by atoms with Gasteiger partial charge in [-0.15, -0.1) is 0 Å². The Morgan fingerprint density at radius 3 is 2.19 bits per heavy atom. The number of carbonyl (C=O) groups excluding carboxylic acids is 2. The number of rotatable bonds is 4. The summed E-state index contributed by atoms with van der Waals surface area (Å²) in [5, 5.41) is 6.93. The number of para-hydroxylation sites is 1. The Hall–Kier alpha value is -2.57. The number of aryl methyl sites for hydroxylation is 2. The number of nitrogens with one attached hydrogen (secondary N) is 2. The maximum atomic E-state index is 12.0. The van der Waals surface area contributed by atoms with Crippen LogP contribution in [-0.4, -0.2) is 25.1 Å². The number of hydrogen-bond acceptors (Lipinski definition) is 4. The summed E-state index contributed by atoms with van der Waals surface area (Å²) in [4.78, 5) is 23.9. The SMILES string of the molecule is COc1c(Cl)cc(/C=N\NC(=O)C(=O)Nc2c(C)cccc2C)cc1Cl. The number of halogens is 2. The van der Waals surface area contributed by atoms with Gasteiger partial charge in [-0.1, -0.05) is 41.4 Å². The molecule has 0 aliphatic rings.